The average molecular weight is 421 g/mol. The molecule has 154 valence electrons. The summed E-state index contributed by atoms with van der Waals surface area (Å²) in [5.41, 5.74) is 2.48. The predicted octanol–water partition coefficient (Wildman–Crippen LogP) is 1.82. The molecule has 0 unspecified atom stereocenters. The zero-order valence-corrected chi connectivity index (χ0v) is 16.7. The van der Waals surface area contributed by atoms with E-state index in [1.165, 1.54) is 14.2 Å². The van der Waals surface area contributed by atoms with Crippen molar-refractivity contribution < 1.29 is 23.9 Å². The van der Waals surface area contributed by atoms with Gasteiger partial charge in [-0.2, -0.15) is 0 Å². The van der Waals surface area contributed by atoms with E-state index in [-0.39, 0.29) is 6.42 Å². The number of halogens is 1. The molecule has 3 rings (SSSR count). The Morgan fingerprint density at radius 1 is 1.28 bits per heavy atom. The van der Waals surface area contributed by atoms with Gasteiger partial charge in [0.15, 0.2) is 0 Å². The fourth-order valence-electron chi connectivity index (χ4n) is 3.30. The van der Waals surface area contributed by atoms with Crippen LogP contribution in [0.4, 0.5) is 4.79 Å². The van der Waals surface area contributed by atoms with Gasteiger partial charge in [-0.05, 0) is 17.7 Å². The van der Waals surface area contributed by atoms with Crippen LogP contribution in [0.5, 0.6) is 0 Å². The van der Waals surface area contributed by atoms with Crippen LogP contribution in [0.3, 0.4) is 0 Å². The summed E-state index contributed by atoms with van der Waals surface area (Å²) in [4.78, 5) is 45.8. The summed E-state index contributed by atoms with van der Waals surface area (Å²) >= 11 is 6.00. The predicted molar refractivity (Wildman–Crippen MR) is 103 cm³/mol. The molecule has 2 amide bonds. The van der Waals surface area contributed by atoms with E-state index in [0.29, 0.717) is 18.0 Å². The van der Waals surface area contributed by atoms with Crippen LogP contribution in [0.1, 0.15) is 29.4 Å². The number of aromatic amines is 1. The molecule has 0 bridgehead atoms. The molecule has 0 fully saturated rings. The van der Waals surface area contributed by atoms with Gasteiger partial charge in [-0.15, -0.1) is 0 Å². The number of rotatable bonds is 5. The molecule has 1 aliphatic rings. The van der Waals surface area contributed by atoms with Gasteiger partial charge in [0, 0.05) is 23.7 Å². The molecule has 9 nitrogen and oxygen atoms in total. The number of urea groups is 1. The molecule has 2 aromatic rings. The lowest BCUT2D eigenvalue weighted by Gasteiger charge is -2.36. The van der Waals surface area contributed by atoms with Gasteiger partial charge >= 0.3 is 18.0 Å². The number of methoxy groups -OCH3 is 2. The highest BCUT2D eigenvalue weighted by atomic mass is 35.5. The largest absolute Gasteiger partial charge is 0.469 e. The Morgan fingerprint density at radius 2 is 2.00 bits per heavy atom. The molecular formula is C19H21ClN4O5. The quantitative estimate of drug-likeness (QED) is 0.713. The number of aromatic nitrogens is 2. The zero-order valence-electron chi connectivity index (χ0n) is 16.0. The van der Waals surface area contributed by atoms with E-state index in [1.807, 2.05) is 12.1 Å². The normalized spacial score (nSPS) is 16.5. The van der Waals surface area contributed by atoms with Crippen molar-refractivity contribution in [1.29, 1.82) is 0 Å². The number of imidazole rings is 1. The number of esters is 2. The van der Waals surface area contributed by atoms with Crippen molar-refractivity contribution in [2.45, 2.75) is 24.9 Å². The van der Waals surface area contributed by atoms with Crippen LogP contribution in [-0.4, -0.2) is 59.6 Å². The molecule has 1 aromatic heterocycles. The number of hydrogen-bond acceptors (Lipinski definition) is 6. The van der Waals surface area contributed by atoms with E-state index < -0.39 is 30.1 Å². The van der Waals surface area contributed by atoms with E-state index in [0.717, 1.165) is 17.0 Å². The highest BCUT2D eigenvalue weighted by Gasteiger charge is 2.36. The molecule has 2 N–H and O–H groups in total. The first-order chi connectivity index (χ1) is 13.9. The van der Waals surface area contributed by atoms with E-state index in [4.69, 9.17) is 16.3 Å². The molecule has 0 spiro atoms. The fraction of sp³-hybridized carbons (Fsp3) is 0.368. The van der Waals surface area contributed by atoms with Crippen molar-refractivity contribution in [3.8, 4) is 0 Å². The van der Waals surface area contributed by atoms with Crippen LogP contribution in [-0.2, 0) is 25.5 Å². The number of fused-ring (bicyclic) bond motifs is 1. The van der Waals surface area contributed by atoms with Crippen molar-refractivity contribution in [3.63, 3.8) is 0 Å². The molecule has 2 heterocycles. The Balaban J connectivity index is 1.88. The summed E-state index contributed by atoms with van der Waals surface area (Å²) < 4.78 is 9.30. The number of H-pyrrole nitrogens is 1. The SMILES string of the molecule is COC(=O)C[C@@H](NC(=O)N1CCc2[nH]cnc2[C@H]1c1ccc(Cl)cc1)C(=O)OC. The summed E-state index contributed by atoms with van der Waals surface area (Å²) in [5, 5.41) is 3.16. The van der Waals surface area contributed by atoms with Gasteiger partial charge in [0.1, 0.15) is 12.1 Å². The maximum absolute atomic E-state index is 13.1. The van der Waals surface area contributed by atoms with Crippen LogP contribution in [0.25, 0.3) is 0 Å². The highest BCUT2D eigenvalue weighted by Crippen LogP contribution is 2.33. The molecule has 0 radical (unpaired) electrons. The molecule has 0 saturated carbocycles. The van der Waals surface area contributed by atoms with Gasteiger partial charge in [0.2, 0.25) is 0 Å². The van der Waals surface area contributed by atoms with E-state index >= 15 is 0 Å². The third kappa shape index (κ3) is 4.51. The molecule has 2 atom stereocenters. The monoisotopic (exact) mass is 420 g/mol. The van der Waals surface area contributed by atoms with Gasteiger partial charge in [-0.25, -0.2) is 14.6 Å². The van der Waals surface area contributed by atoms with Gasteiger partial charge in [0.05, 0.1) is 32.7 Å². The Kier molecular flexibility index (Phi) is 6.38. The minimum atomic E-state index is -1.16. The van der Waals surface area contributed by atoms with Crippen LogP contribution in [0.2, 0.25) is 5.02 Å². The first-order valence-electron chi connectivity index (χ1n) is 8.94. The summed E-state index contributed by atoms with van der Waals surface area (Å²) in [6, 6.07) is 4.97. The molecule has 29 heavy (non-hydrogen) atoms. The number of nitrogens with zero attached hydrogens (tertiary/aromatic N) is 2. The number of carbonyl (C=O) groups is 3. The topological polar surface area (TPSA) is 114 Å². The van der Waals surface area contributed by atoms with Crippen LogP contribution < -0.4 is 5.32 Å². The molecule has 0 saturated heterocycles. The van der Waals surface area contributed by atoms with Crippen molar-refractivity contribution in [2.75, 3.05) is 20.8 Å². The van der Waals surface area contributed by atoms with Gasteiger partial charge in [-0.1, -0.05) is 23.7 Å². The molecule has 10 heteroatoms. The molecule has 0 aliphatic carbocycles. The number of benzene rings is 1. The lowest BCUT2D eigenvalue weighted by molar-refractivity contribution is -0.149. The van der Waals surface area contributed by atoms with Gasteiger partial charge in [0.25, 0.3) is 0 Å². The van der Waals surface area contributed by atoms with Crippen LogP contribution in [0.15, 0.2) is 30.6 Å². The first kappa shape index (κ1) is 20.7. The second-order valence-corrected chi connectivity index (χ2v) is 6.91. The number of carbonyl (C=O) groups excluding carboxylic acids is 3. The molecule has 1 aromatic carbocycles. The first-order valence-corrected chi connectivity index (χ1v) is 9.31. The standard InChI is InChI=1S/C19H21ClN4O5/c1-28-15(25)9-14(18(26)29-2)23-19(27)24-8-7-13-16(22-10-21-13)17(24)11-3-5-12(20)6-4-11/h3-6,10,14,17H,7-9H2,1-2H3,(H,21,22)(H,23,27)/t14-,17-/m1/s1. The number of ether oxygens (including phenoxy) is 2. The Bertz CT molecular complexity index is 898. The average Bonchev–Trinajstić information content (AvgIpc) is 3.21. The second-order valence-electron chi connectivity index (χ2n) is 6.47. The van der Waals surface area contributed by atoms with Gasteiger partial charge in [-0.3, -0.25) is 4.79 Å². The summed E-state index contributed by atoms with van der Waals surface area (Å²) in [7, 11) is 2.39. The van der Waals surface area contributed by atoms with Crippen molar-refractivity contribution >= 4 is 29.6 Å². The third-order valence-corrected chi connectivity index (χ3v) is 5.01. The highest BCUT2D eigenvalue weighted by molar-refractivity contribution is 6.30. The van der Waals surface area contributed by atoms with Crippen LogP contribution >= 0.6 is 11.6 Å². The second kappa shape index (κ2) is 8.95. The smallest absolute Gasteiger partial charge is 0.329 e. The Morgan fingerprint density at radius 3 is 2.66 bits per heavy atom. The zero-order chi connectivity index (χ0) is 21.0. The van der Waals surface area contributed by atoms with Crippen molar-refractivity contribution in [1.82, 2.24) is 20.2 Å². The Hall–Kier alpha value is -3.07. The minimum absolute atomic E-state index is 0.331. The minimum Gasteiger partial charge on any atom is -0.469 e. The maximum Gasteiger partial charge on any atom is 0.329 e. The lowest BCUT2D eigenvalue weighted by Crippen LogP contribution is -2.52. The van der Waals surface area contributed by atoms with Crippen molar-refractivity contribution in [3.05, 3.63) is 52.6 Å². The number of amides is 2. The van der Waals surface area contributed by atoms with Crippen LogP contribution in [0, 0.1) is 0 Å². The van der Waals surface area contributed by atoms with E-state index in [9.17, 15) is 14.4 Å². The Labute approximate surface area is 172 Å². The van der Waals surface area contributed by atoms with E-state index in [2.05, 4.69) is 20.0 Å². The summed E-state index contributed by atoms with van der Waals surface area (Å²) in [6.45, 7) is 0.389. The summed E-state index contributed by atoms with van der Waals surface area (Å²) in [5.74, 6) is -1.37. The third-order valence-electron chi connectivity index (χ3n) is 4.75. The fourth-order valence-corrected chi connectivity index (χ4v) is 3.42. The van der Waals surface area contributed by atoms with Crippen molar-refractivity contribution in [2.24, 2.45) is 0 Å². The van der Waals surface area contributed by atoms with E-state index in [1.54, 1.807) is 23.4 Å². The van der Waals surface area contributed by atoms with Gasteiger partial charge < -0.3 is 24.7 Å². The number of nitrogens with one attached hydrogen (secondary N) is 2. The maximum atomic E-state index is 13.1. The molecular weight excluding hydrogens is 400 g/mol. The summed E-state index contributed by atoms with van der Waals surface area (Å²) in [6.07, 6.45) is 1.83. The lowest BCUT2D eigenvalue weighted by atomic mass is 9.96. The molecule has 1 aliphatic heterocycles. The number of hydrogen-bond donors (Lipinski definition) is 2.